The van der Waals surface area contributed by atoms with Crippen molar-refractivity contribution in [3.05, 3.63) is 72.6 Å². The van der Waals surface area contributed by atoms with E-state index >= 15 is 0 Å². The SMILES string of the molecule is CC(C)(C)[C@H](NC(=O)[C@]1(C)CCCN1)c1ncc(-c2ccc(-c3ccc(-c4cnc([C@@H](NC(=O)[C@]5(C)C[C@@H](F)CN5)C(C)(C)C)[nH]4)cc3)cc2)[nH]1. The normalized spacial score (nSPS) is 23.6. The van der Waals surface area contributed by atoms with Gasteiger partial charge in [0.1, 0.15) is 17.8 Å². The first-order chi connectivity index (χ1) is 23.9. The topological polar surface area (TPSA) is 140 Å². The second-order valence-electron chi connectivity index (χ2n) is 16.9. The number of amides is 2. The standard InChI is InChI=1S/C40H53FN8O2/c1-37(2,3)31(48-35(50)39(7)18-9-19-44-39)33-42-22-29(46-33)26-14-10-24(11-15-26)25-12-16-27(17-13-25)30-23-43-34(47-30)32(38(4,5)6)49-36(51)40(8)20-28(41)21-45-40/h10-17,22-23,28,31-32,44-45H,9,18-21H2,1-8H3,(H,42,46)(H,43,47)(H,48,50)(H,49,51)/t28-,31-,32-,39+,40+/m1/s1. The Morgan fingerprint density at radius 1 is 0.725 bits per heavy atom. The maximum Gasteiger partial charge on any atom is 0.240 e. The number of nitrogens with one attached hydrogen (secondary N) is 6. The molecule has 0 saturated carbocycles. The molecule has 5 atom stereocenters. The minimum absolute atomic E-state index is 0.00376. The lowest BCUT2D eigenvalue weighted by Crippen LogP contribution is -2.53. The number of carbonyl (C=O) groups is 2. The number of H-pyrrole nitrogens is 2. The van der Waals surface area contributed by atoms with Gasteiger partial charge in [-0.05, 0) is 66.3 Å². The maximum atomic E-state index is 13.9. The monoisotopic (exact) mass is 696 g/mol. The predicted octanol–water partition coefficient (Wildman–Crippen LogP) is 6.77. The van der Waals surface area contributed by atoms with Crippen LogP contribution in [0.4, 0.5) is 4.39 Å². The largest absolute Gasteiger partial charge is 0.344 e. The fraction of sp³-hybridized carbons (Fsp3) is 0.500. The fourth-order valence-corrected chi connectivity index (χ4v) is 7.10. The van der Waals surface area contributed by atoms with Crippen LogP contribution in [0.15, 0.2) is 60.9 Å². The van der Waals surface area contributed by atoms with E-state index in [1.165, 1.54) is 0 Å². The molecule has 10 nitrogen and oxygen atoms in total. The summed E-state index contributed by atoms with van der Waals surface area (Å²) in [6.45, 7) is 17.2. The van der Waals surface area contributed by atoms with E-state index in [9.17, 15) is 14.0 Å². The van der Waals surface area contributed by atoms with Crippen LogP contribution in [-0.2, 0) is 9.59 Å². The Morgan fingerprint density at radius 2 is 1.16 bits per heavy atom. The number of carbonyl (C=O) groups excluding carboxylic acids is 2. The molecule has 4 heterocycles. The van der Waals surface area contributed by atoms with Crippen LogP contribution >= 0.6 is 0 Å². The molecule has 4 aromatic rings. The third-order valence-electron chi connectivity index (χ3n) is 10.5. The second-order valence-corrected chi connectivity index (χ2v) is 16.9. The molecule has 2 saturated heterocycles. The van der Waals surface area contributed by atoms with Gasteiger partial charge in [0.2, 0.25) is 11.8 Å². The van der Waals surface area contributed by atoms with Crippen LogP contribution in [0.1, 0.15) is 98.4 Å². The number of hydrogen-bond acceptors (Lipinski definition) is 6. The third-order valence-corrected chi connectivity index (χ3v) is 10.5. The molecule has 2 aromatic heterocycles. The number of aromatic nitrogens is 4. The first kappa shape index (κ1) is 36.4. The zero-order chi connectivity index (χ0) is 36.8. The Morgan fingerprint density at radius 3 is 1.53 bits per heavy atom. The molecule has 2 aromatic carbocycles. The number of rotatable bonds is 9. The van der Waals surface area contributed by atoms with Gasteiger partial charge in [-0.15, -0.1) is 0 Å². The number of imidazole rings is 2. The molecule has 0 spiro atoms. The van der Waals surface area contributed by atoms with Crippen molar-refractivity contribution < 1.29 is 14.0 Å². The number of benzene rings is 2. The van der Waals surface area contributed by atoms with Gasteiger partial charge in [0.15, 0.2) is 0 Å². The van der Waals surface area contributed by atoms with Crippen molar-refractivity contribution in [1.29, 1.82) is 0 Å². The van der Waals surface area contributed by atoms with Crippen molar-refractivity contribution in [2.45, 2.75) is 104 Å². The number of aromatic amines is 2. The smallest absolute Gasteiger partial charge is 0.240 e. The summed E-state index contributed by atoms with van der Waals surface area (Å²) >= 11 is 0. The third kappa shape index (κ3) is 7.79. The first-order valence-electron chi connectivity index (χ1n) is 18.0. The quantitative estimate of drug-likeness (QED) is 0.114. The highest BCUT2D eigenvalue weighted by Crippen LogP contribution is 2.36. The Hall–Kier alpha value is -4.35. The van der Waals surface area contributed by atoms with Crippen LogP contribution in [0.3, 0.4) is 0 Å². The highest BCUT2D eigenvalue weighted by atomic mass is 19.1. The molecular formula is C40H53FN8O2. The van der Waals surface area contributed by atoms with E-state index < -0.39 is 23.3 Å². The molecule has 0 bridgehead atoms. The number of alkyl halides is 1. The summed E-state index contributed by atoms with van der Waals surface area (Å²) in [4.78, 5) is 42.8. The summed E-state index contributed by atoms with van der Waals surface area (Å²) in [5.74, 6) is 1.17. The Balaban J connectivity index is 1.14. The van der Waals surface area contributed by atoms with Gasteiger partial charge in [-0.2, -0.15) is 0 Å². The average molecular weight is 697 g/mol. The molecule has 0 aliphatic carbocycles. The highest BCUT2D eigenvalue weighted by molar-refractivity contribution is 5.87. The summed E-state index contributed by atoms with van der Waals surface area (Å²) in [5, 5.41) is 12.8. The van der Waals surface area contributed by atoms with Crippen molar-refractivity contribution in [3.63, 3.8) is 0 Å². The van der Waals surface area contributed by atoms with Crippen LogP contribution in [0.5, 0.6) is 0 Å². The number of halogens is 1. The molecular weight excluding hydrogens is 643 g/mol. The van der Waals surface area contributed by atoms with Crippen molar-refractivity contribution in [2.24, 2.45) is 10.8 Å². The van der Waals surface area contributed by atoms with E-state index in [-0.39, 0.29) is 41.7 Å². The lowest BCUT2D eigenvalue weighted by Gasteiger charge is -2.33. The summed E-state index contributed by atoms with van der Waals surface area (Å²) in [5.41, 5.74) is 3.77. The fourth-order valence-electron chi connectivity index (χ4n) is 7.10. The van der Waals surface area contributed by atoms with Gasteiger partial charge in [-0.25, -0.2) is 14.4 Å². The number of nitrogens with zero attached hydrogens (tertiary/aromatic N) is 2. The molecule has 2 aliphatic rings. The molecule has 2 amide bonds. The molecule has 0 radical (unpaired) electrons. The predicted molar refractivity (Wildman–Crippen MR) is 199 cm³/mol. The molecule has 11 heteroatoms. The van der Waals surface area contributed by atoms with Crippen LogP contribution in [0, 0.1) is 10.8 Å². The van der Waals surface area contributed by atoms with Crippen molar-refractivity contribution in [1.82, 2.24) is 41.2 Å². The van der Waals surface area contributed by atoms with E-state index in [1.807, 2.05) is 33.9 Å². The van der Waals surface area contributed by atoms with E-state index in [0.717, 1.165) is 58.9 Å². The van der Waals surface area contributed by atoms with E-state index in [1.54, 1.807) is 13.1 Å². The zero-order valence-corrected chi connectivity index (χ0v) is 31.1. The van der Waals surface area contributed by atoms with Gasteiger partial charge < -0.3 is 31.2 Å². The van der Waals surface area contributed by atoms with E-state index in [0.29, 0.717) is 5.82 Å². The maximum absolute atomic E-state index is 13.9. The van der Waals surface area contributed by atoms with Crippen LogP contribution < -0.4 is 21.3 Å². The van der Waals surface area contributed by atoms with Crippen LogP contribution in [-0.4, -0.2) is 62.1 Å². The van der Waals surface area contributed by atoms with Crippen molar-refractivity contribution in [2.75, 3.05) is 13.1 Å². The van der Waals surface area contributed by atoms with Crippen molar-refractivity contribution >= 4 is 11.8 Å². The molecule has 6 N–H and O–H groups in total. The van der Waals surface area contributed by atoms with Gasteiger partial charge in [0.25, 0.3) is 0 Å². The molecule has 0 unspecified atom stereocenters. The van der Waals surface area contributed by atoms with Crippen molar-refractivity contribution in [3.8, 4) is 33.6 Å². The summed E-state index contributed by atoms with van der Waals surface area (Å²) in [7, 11) is 0. The zero-order valence-electron chi connectivity index (χ0n) is 31.1. The Labute approximate surface area is 300 Å². The van der Waals surface area contributed by atoms with Gasteiger partial charge in [0, 0.05) is 13.0 Å². The van der Waals surface area contributed by atoms with Gasteiger partial charge in [0.05, 0.1) is 46.9 Å². The minimum Gasteiger partial charge on any atom is -0.344 e. The molecule has 2 fully saturated rings. The molecule has 6 rings (SSSR count). The minimum atomic E-state index is -1.04. The van der Waals surface area contributed by atoms with E-state index in [2.05, 4.69) is 106 Å². The lowest BCUT2D eigenvalue weighted by atomic mass is 9.85. The van der Waals surface area contributed by atoms with Gasteiger partial charge in [-0.3, -0.25) is 9.59 Å². The highest BCUT2D eigenvalue weighted by Gasteiger charge is 2.44. The second kappa shape index (κ2) is 13.7. The Kier molecular flexibility index (Phi) is 9.75. The molecule has 51 heavy (non-hydrogen) atoms. The summed E-state index contributed by atoms with van der Waals surface area (Å²) in [6.07, 6.45) is 4.54. The lowest BCUT2D eigenvalue weighted by molar-refractivity contribution is -0.129. The first-order valence-corrected chi connectivity index (χ1v) is 18.0. The Bertz CT molecular complexity index is 1840. The number of hydrogen-bond donors (Lipinski definition) is 6. The van der Waals surface area contributed by atoms with Crippen LogP contribution in [0.2, 0.25) is 0 Å². The van der Waals surface area contributed by atoms with Gasteiger partial charge >= 0.3 is 0 Å². The summed E-state index contributed by atoms with van der Waals surface area (Å²) in [6, 6.07) is 15.9. The summed E-state index contributed by atoms with van der Waals surface area (Å²) < 4.78 is 13.9. The average Bonchev–Trinajstić information content (AvgIpc) is 3.90. The van der Waals surface area contributed by atoms with E-state index in [4.69, 9.17) is 4.98 Å². The van der Waals surface area contributed by atoms with Crippen LogP contribution in [0.25, 0.3) is 33.6 Å². The van der Waals surface area contributed by atoms with Gasteiger partial charge in [-0.1, -0.05) is 90.1 Å². The molecule has 2 aliphatic heterocycles. The molecule has 272 valence electrons.